The Morgan fingerprint density at radius 2 is 1.62 bits per heavy atom. The highest BCUT2D eigenvalue weighted by Gasteiger charge is 2.63. The van der Waals surface area contributed by atoms with Gasteiger partial charge in [0.05, 0.1) is 16.1 Å². The number of carboxylic acids is 1. The second-order valence-corrected chi connectivity index (χ2v) is 8.41. The summed E-state index contributed by atoms with van der Waals surface area (Å²) in [7, 11) is -3.67. The Morgan fingerprint density at radius 3 is 2.12 bits per heavy atom. The van der Waals surface area contributed by atoms with Gasteiger partial charge >= 0.3 is 5.97 Å². The monoisotopic (exact) mass is 344 g/mol. The van der Waals surface area contributed by atoms with Gasteiger partial charge in [0.1, 0.15) is 0 Å². The molecular formula is C19H20O4S. The molecule has 0 aromatic heterocycles. The van der Waals surface area contributed by atoms with Gasteiger partial charge < -0.3 is 5.11 Å². The number of rotatable bonds is 5. The van der Waals surface area contributed by atoms with Crippen molar-refractivity contribution in [3.8, 4) is 0 Å². The average Bonchev–Trinajstić information content (AvgIpc) is 3.32. The first-order valence-corrected chi connectivity index (χ1v) is 9.53. The fourth-order valence-corrected chi connectivity index (χ4v) is 5.34. The van der Waals surface area contributed by atoms with Gasteiger partial charge in [-0.3, -0.25) is 4.79 Å². The van der Waals surface area contributed by atoms with Gasteiger partial charge in [-0.1, -0.05) is 48.9 Å². The molecule has 126 valence electrons. The molecule has 1 fully saturated rings. The molecule has 4 nitrogen and oxygen atoms in total. The molecule has 3 atom stereocenters. The van der Waals surface area contributed by atoms with Gasteiger partial charge in [0.15, 0.2) is 9.84 Å². The van der Waals surface area contributed by atoms with E-state index >= 15 is 0 Å². The lowest BCUT2D eigenvalue weighted by atomic mass is 10.1. The van der Waals surface area contributed by atoms with E-state index in [1.54, 1.807) is 24.3 Å². The van der Waals surface area contributed by atoms with Crippen LogP contribution in [0.25, 0.3) is 0 Å². The number of aliphatic carboxylic acids is 1. The Labute approximate surface area is 142 Å². The predicted molar refractivity (Wildman–Crippen MR) is 91.8 cm³/mol. The first kappa shape index (κ1) is 16.7. The maximum atomic E-state index is 12.9. The van der Waals surface area contributed by atoms with Crippen LogP contribution in [-0.4, -0.2) is 24.7 Å². The molecule has 2 aromatic rings. The van der Waals surface area contributed by atoms with Crippen molar-refractivity contribution in [2.24, 2.45) is 5.92 Å². The highest BCUT2D eigenvalue weighted by molar-refractivity contribution is 7.92. The maximum absolute atomic E-state index is 12.9. The summed E-state index contributed by atoms with van der Waals surface area (Å²) >= 11 is 0. The first-order valence-electron chi connectivity index (χ1n) is 7.98. The zero-order valence-corrected chi connectivity index (χ0v) is 14.5. The van der Waals surface area contributed by atoms with Crippen molar-refractivity contribution in [3.05, 3.63) is 65.2 Å². The van der Waals surface area contributed by atoms with Gasteiger partial charge in [-0.25, -0.2) is 8.42 Å². The zero-order chi connectivity index (χ0) is 17.5. The van der Waals surface area contributed by atoms with Crippen LogP contribution in [0.3, 0.4) is 0 Å². The SMILES string of the molecule is CCc1ccc([C@@H]2[C@H](C(=O)O)[C@@H]2S(=O)(=O)c2ccc(C)cc2)cc1. The second-order valence-electron chi connectivity index (χ2n) is 6.31. The summed E-state index contributed by atoms with van der Waals surface area (Å²) in [6, 6.07) is 14.1. The van der Waals surface area contributed by atoms with Crippen LogP contribution < -0.4 is 0 Å². The lowest BCUT2D eigenvalue weighted by Crippen LogP contribution is -2.13. The standard InChI is InChI=1S/C19H20O4S/c1-3-13-6-8-14(9-7-13)16-17(19(20)21)18(16)24(22,23)15-10-4-12(2)5-11-15/h4-11,16-18H,3H2,1-2H3,(H,20,21)/t16-,17+,18-/m1/s1. The summed E-state index contributed by atoms with van der Waals surface area (Å²) in [6.45, 7) is 3.92. The average molecular weight is 344 g/mol. The lowest BCUT2D eigenvalue weighted by molar-refractivity contribution is -0.138. The van der Waals surface area contributed by atoms with Crippen molar-refractivity contribution in [3.63, 3.8) is 0 Å². The lowest BCUT2D eigenvalue weighted by Gasteiger charge is -2.05. The second kappa shape index (κ2) is 6.06. The van der Waals surface area contributed by atoms with Crippen LogP contribution in [-0.2, 0) is 21.1 Å². The minimum absolute atomic E-state index is 0.192. The smallest absolute Gasteiger partial charge is 0.308 e. The molecule has 0 radical (unpaired) electrons. The Kier molecular flexibility index (Phi) is 4.22. The molecule has 0 aliphatic heterocycles. The quantitative estimate of drug-likeness (QED) is 0.904. The fourth-order valence-electron chi connectivity index (χ4n) is 3.22. The van der Waals surface area contributed by atoms with E-state index in [-0.39, 0.29) is 4.90 Å². The number of aryl methyl sites for hydroxylation is 2. The molecule has 2 aromatic carbocycles. The summed E-state index contributed by atoms with van der Waals surface area (Å²) in [5, 5.41) is 8.55. The number of sulfone groups is 1. The van der Waals surface area contributed by atoms with E-state index < -0.39 is 32.9 Å². The minimum atomic E-state index is -3.67. The number of hydrogen-bond donors (Lipinski definition) is 1. The van der Waals surface area contributed by atoms with Crippen LogP contribution >= 0.6 is 0 Å². The number of benzene rings is 2. The fraction of sp³-hybridized carbons (Fsp3) is 0.316. The molecule has 3 rings (SSSR count). The van der Waals surface area contributed by atoms with E-state index in [1.807, 2.05) is 38.1 Å². The van der Waals surface area contributed by atoms with E-state index in [1.165, 1.54) is 0 Å². The Morgan fingerprint density at radius 1 is 1.04 bits per heavy atom. The van der Waals surface area contributed by atoms with Crippen molar-refractivity contribution in [1.82, 2.24) is 0 Å². The molecule has 0 amide bonds. The Hall–Kier alpha value is -2.14. The number of carboxylic acid groups (broad SMARTS) is 1. The van der Waals surface area contributed by atoms with Crippen molar-refractivity contribution in [1.29, 1.82) is 0 Å². The Balaban J connectivity index is 1.96. The Bertz CT molecular complexity index is 851. The summed E-state index contributed by atoms with van der Waals surface area (Å²) < 4.78 is 25.7. The first-order chi connectivity index (χ1) is 11.4. The molecule has 0 spiro atoms. The van der Waals surface area contributed by atoms with Gasteiger partial charge in [0.2, 0.25) is 0 Å². The summed E-state index contributed by atoms with van der Waals surface area (Å²) in [5.74, 6) is -2.43. The highest BCUT2D eigenvalue weighted by Crippen LogP contribution is 2.54. The molecule has 0 unspecified atom stereocenters. The molecule has 24 heavy (non-hydrogen) atoms. The van der Waals surface area contributed by atoms with Crippen molar-refractivity contribution in [2.75, 3.05) is 0 Å². The van der Waals surface area contributed by atoms with Crippen LogP contribution in [0.5, 0.6) is 0 Å². The number of carbonyl (C=O) groups is 1. The van der Waals surface area contributed by atoms with Crippen LogP contribution in [0.2, 0.25) is 0 Å². The molecule has 0 saturated heterocycles. The van der Waals surface area contributed by atoms with E-state index in [9.17, 15) is 18.3 Å². The van der Waals surface area contributed by atoms with Gasteiger partial charge in [-0.05, 0) is 36.6 Å². The van der Waals surface area contributed by atoms with E-state index in [2.05, 4.69) is 0 Å². The van der Waals surface area contributed by atoms with Crippen molar-refractivity contribution < 1.29 is 18.3 Å². The van der Waals surface area contributed by atoms with Crippen molar-refractivity contribution in [2.45, 2.75) is 36.3 Å². The third kappa shape index (κ3) is 2.84. The van der Waals surface area contributed by atoms with Crippen LogP contribution in [0, 0.1) is 12.8 Å². The largest absolute Gasteiger partial charge is 0.481 e. The molecule has 1 N–H and O–H groups in total. The van der Waals surface area contributed by atoms with Gasteiger partial charge in [0.25, 0.3) is 0 Å². The number of hydrogen-bond acceptors (Lipinski definition) is 3. The van der Waals surface area contributed by atoms with Crippen LogP contribution in [0.1, 0.15) is 29.5 Å². The molecule has 0 heterocycles. The maximum Gasteiger partial charge on any atom is 0.308 e. The molecule has 0 bridgehead atoms. The topological polar surface area (TPSA) is 71.4 Å². The third-order valence-corrected chi connectivity index (χ3v) is 6.95. The third-order valence-electron chi connectivity index (χ3n) is 4.72. The van der Waals surface area contributed by atoms with Gasteiger partial charge in [-0.15, -0.1) is 0 Å². The molecule has 5 heteroatoms. The predicted octanol–water partition coefficient (Wildman–Crippen LogP) is 3.20. The van der Waals surface area contributed by atoms with E-state index in [0.29, 0.717) is 0 Å². The normalized spacial score (nSPS) is 23.0. The van der Waals surface area contributed by atoms with E-state index in [4.69, 9.17) is 0 Å². The summed E-state index contributed by atoms with van der Waals surface area (Å²) in [4.78, 5) is 11.7. The molecular weight excluding hydrogens is 324 g/mol. The van der Waals surface area contributed by atoms with Crippen LogP contribution in [0.4, 0.5) is 0 Å². The van der Waals surface area contributed by atoms with Gasteiger partial charge in [-0.2, -0.15) is 0 Å². The van der Waals surface area contributed by atoms with E-state index in [0.717, 1.165) is 23.1 Å². The van der Waals surface area contributed by atoms with Gasteiger partial charge in [0, 0.05) is 5.92 Å². The van der Waals surface area contributed by atoms with Crippen molar-refractivity contribution >= 4 is 15.8 Å². The molecule has 1 aliphatic rings. The zero-order valence-electron chi connectivity index (χ0n) is 13.6. The van der Waals surface area contributed by atoms with Crippen LogP contribution in [0.15, 0.2) is 53.4 Å². The molecule has 1 aliphatic carbocycles. The summed E-state index contributed by atoms with van der Waals surface area (Å²) in [5.41, 5.74) is 2.88. The molecule has 1 saturated carbocycles. The summed E-state index contributed by atoms with van der Waals surface area (Å²) in [6.07, 6.45) is 0.887. The minimum Gasteiger partial charge on any atom is -0.481 e. The highest BCUT2D eigenvalue weighted by atomic mass is 32.2.